The summed E-state index contributed by atoms with van der Waals surface area (Å²) in [4.78, 5) is 3.89. The van der Waals surface area contributed by atoms with E-state index in [0.29, 0.717) is 0 Å². The molecule has 1 heterocycles. The number of aliphatic imine (C=N–C) groups is 1. The fourth-order valence-electron chi connectivity index (χ4n) is 0.717. The Morgan fingerprint density at radius 2 is 2.22 bits per heavy atom. The van der Waals surface area contributed by atoms with Crippen molar-refractivity contribution >= 4 is 5.84 Å². The average Bonchev–Trinajstić information content (AvgIpc) is 1.79. The number of hydrogen-bond acceptors (Lipinski definition) is 5. The molecule has 0 spiro atoms. The van der Waals surface area contributed by atoms with Gasteiger partial charge in [-0.15, -0.1) is 0 Å². The monoisotopic (exact) mass is 129 g/mol. The summed E-state index contributed by atoms with van der Waals surface area (Å²) in [5, 5.41) is 1.68. The van der Waals surface area contributed by atoms with Crippen LogP contribution >= 0.6 is 0 Å². The van der Waals surface area contributed by atoms with Crippen LogP contribution in [0.15, 0.2) is 4.99 Å². The number of nitrogens with zero attached hydrogens (tertiary/aromatic N) is 2. The van der Waals surface area contributed by atoms with Crippen LogP contribution in [0.25, 0.3) is 0 Å². The van der Waals surface area contributed by atoms with Crippen molar-refractivity contribution in [2.75, 3.05) is 7.05 Å². The van der Waals surface area contributed by atoms with Gasteiger partial charge >= 0.3 is 0 Å². The molecule has 5 N–H and O–H groups in total. The van der Waals surface area contributed by atoms with Crippen LogP contribution in [0, 0.1) is 0 Å². The van der Waals surface area contributed by atoms with Gasteiger partial charge in [0.15, 0.2) is 0 Å². The molecule has 0 aromatic carbocycles. The molecule has 0 radical (unpaired) electrons. The van der Waals surface area contributed by atoms with Crippen molar-refractivity contribution in [1.82, 2.24) is 10.4 Å². The number of nitrogens with one attached hydrogen (secondary N) is 1. The van der Waals surface area contributed by atoms with Crippen LogP contribution in [0.5, 0.6) is 0 Å². The van der Waals surface area contributed by atoms with Crippen molar-refractivity contribution in [1.29, 1.82) is 0 Å². The molecule has 0 fully saturated rings. The standard InChI is InChI=1S/C4H11N5/c1-3-7-4(5,6)8-9(3)2/h8H,5-6H2,1-2H3. The van der Waals surface area contributed by atoms with E-state index < -0.39 is 5.91 Å². The van der Waals surface area contributed by atoms with Gasteiger partial charge in [-0.3, -0.25) is 16.5 Å². The van der Waals surface area contributed by atoms with Crippen LogP contribution in [0.1, 0.15) is 6.92 Å². The highest BCUT2D eigenvalue weighted by molar-refractivity contribution is 5.80. The number of amidine groups is 1. The Morgan fingerprint density at radius 3 is 2.33 bits per heavy atom. The molecule has 0 aromatic rings. The van der Waals surface area contributed by atoms with Gasteiger partial charge in [-0.25, -0.2) is 4.99 Å². The Morgan fingerprint density at radius 1 is 1.67 bits per heavy atom. The van der Waals surface area contributed by atoms with Crippen LogP contribution in [-0.2, 0) is 0 Å². The van der Waals surface area contributed by atoms with Gasteiger partial charge in [0.05, 0.1) is 0 Å². The van der Waals surface area contributed by atoms with Gasteiger partial charge < -0.3 is 0 Å². The largest absolute Gasteiger partial charge is 0.295 e. The van der Waals surface area contributed by atoms with E-state index in [1.807, 2.05) is 6.92 Å². The van der Waals surface area contributed by atoms with E-state index in [-0.39, 0.29) is 0 Å². The molecule has 0 aromatic heterocycles. The van der Waals surface area contributed by atoms with Crippen LogP contribution in [0.2, 0.25) is 0 Å². The molecule has 9 heavy (non-hydrogen) atoms. The van der Waals surface area contributed by atoms with Gasteiger partial charge in [0.2, 0.25) is 5.91 Å². The van der Waals surface area contributed by atoms with Crippen molar-refractivity contribution in [3.05, 3.63) is 0 Å². The molecule has 1 aliphatic rings. The number of nitrogens with two attached hydrogens (primary N) is 2. The zero-order chi connectivity index (χ0) is 7.07. The molecular formula is C4H11N5. The van der Waals surface area contributed by atoms with Crippen LogP contribution in [0.4, 0.5) is 0 Å². The summed E-state index contributed by atoms with van der Waals surface area (Å²) >= 11 is 0. The Hall–Kier alpha value is -0.650. The minimum atomic E-state index is -1.10. The van der Waals surface area contributed by atoms with Gasteiger partial charge in [-0.1, -0.05) is 0 Å². The minimum Gasteiger partial charge on any atom is -0.295 e. The van der Waals surface area contributed by atoms with Crippen LogP contribution < -0.4 is 16.9 Å². The second kappa shape index (κ2) is 1.66. The number of hydrogen-bond donors (Lipinski definition) is 3. The van der Waals surface area contributed by atoms with E-state index in [1.54, 1.807) is 12.1 Å². The third-order valence-electron chi connectivity index (χ3n) is 1.18. The third-order valence-corrected chi connectivity index (χ3v) is 1.18. The van der Waals surface area contributed by atoms with Gasteiger partial charge in [0, 0.05) is 7.05 Å². The fraction of sp³-hybridized carbons (Fsp3) is 0.750. The number of rotatable bonds is 0. The van der Waals surface area contributed by atoms with Gasteiger partial charge in [0.1, 0.15) is 5.84 Å². The molecule has 0 unspecified atom stereocenters. The zero-order valence-corrected chi connectivity index (χ0v) is 5.55. The van der Waals surface area contributed by atoms with E-state index in [1.165, 1.54) is 0 Å². The molecule has 0 amide bonds. The van der Waals surface area contributed by atoms with Crippen molar-refractivity contribution in [2.45, 2.75) is 12.8 Å². The maximum atomic E-state index is 5.40. The Kier molecular flexibility index (Phi) is 1.20. The van der Waals surface area contributed by atoms with Gasteiger partial charge in [-0.2, -0.15) is 5.43 Å². The highest BCUT2D eigenvalue weighted by atomic mass is 15.7. The molecule has 0 aliphatic carbocycles. The summed E-state index contributed by atoms with van der Waals surface area (Å²) in [6.45, 7) is 1.83. The van der Waals surface area contributed by atoms with Gasteiger partial charge in [0.25, 0.3) is 0 Å². The molecule has 0 bridgehead atoms. The SMILES string of the molecule is CC1=NC(N)(N)NN1C. The molecule has 0 saturated carbocycles. The van der Waals surface area contributed by atoms with E-state index in [9.17, 15) is 0 Å². The van der Waals surface area contributed by atoms with E-state index >= 15 is 0 Å². The molecule has 5 heteroatoms. The summed E-state index contributed by atoms with van der Waals surface area (Å²) in [7, 11) is 1.81. The Labute approximate surface area is 53.7 Å². The summed E-state index contributed by atoms with van der Waals surface area (Å²) in [5.41, 5.74) is 13.5. The normalized spacial score (nSPS) is 24.4. The van der Waals surface area contributed by atoms with Crippen LogP contribution in [-0.4, -0.2) is 23.8 Å². The lowest BCUT2D eigenvalue weighted by Gasteiger charge is -2.17. The first-order valence-corrected chi connectivity index (χ1v) is 2.67. The molecular weight excluding hydrogens is 118 g/mol. The first kappa shape index (κ1) is 6.47. The first-order valence-electron chi connectivity index (χ1n) is 2.67. The quantitative estimate of drug-likeness (QED) is 0.343. The zero-order valence-electron chi connectivity index (χ0n) is 5.55. The highest BCUT2D eigenvalue weighted by Crippen LogP contribution is 2.00. The first-order chi connectivity index (χ1) is 4.01. The highest BCUT2D eigenvalue weighted by Gasteiger charge is 2.26. The summed E-state index contributed by atoms with van der Waals surface area (Å²) in [6, 6.07) is 0. The van der Waals surface area contributed by atoms with Crippen LogP contribution in [0.3, 0.4) is 0 Å². The second-order valence-corrected chi connectivity index (χ2v) is 2.16. The Balaban J connectivity index is 2.74. The minimum absolute atomic E-state index is 0.792. The predicted octanol–water partition coefficient (Wildman–Crippen LogP) is -1.62. The van der Waals surface area contributed by atoms with E-state index in [2.05, 4.69) is 10.4 Å². The lowest BCUT2D eigenvalue weighted by atomic mass is 10.6. The molecule has 52 valence electrons. The predicted molar refractivity (Wildman–Crippen MR) is 35.1 cm³/mol. The van der Waals surface area contributed by atoms with Crippen molar-refractivity contribution < 1.29 is 0 Å². The van der Waals surface area contributed by atoms with Crippen molar-refractivity contribution in [2.24, 2.45) is 16.5 Å². The number of hydrazine groups is 1. The summed E-state index contributed by atoms with van der Waals surface area (Å²) in [6.07, 6.45) is 0. The third kappa shape index (κ3) is 1.18. The molecule has 0 saturated heterocycles. The van der Waals surface area contributed by atoms with E-state index in [0.717, 1.165) is 5.84 Å². The van der Waals surface area contributed by atoms with Gasteiger partial charge in [-0.05, 0) is 6.92 Å². The Bertz CT molecular complexity index is 149. The lowest BCUT2D eigenvalue weighted by Crippen LogP contribution is -2.59. The average molecular weight is 129 g/mol. The smallest absolute Gasteiger partial charge is 0.236 e. The summed E-state index contributed by atoms with van der Waals surface area (Å²) < 4.78 is 0. The molecule has 0 atom stereocenters. The fourth-order valence-corrected chi connectivity index (χ4v) is 0.717. The van der Waals surface area contributed by atoms with E-state index in [4.69, 9.17) is 11.5 Å². The topological polar surface area (TPSA) is 79.7 Å². The molecule has 5 nitrogen and oxygen atoms in total. The maximum Gasteiger partial charge on any atom is 0.236 e. The lowest BCUT2D eigenvalue weighted by molar-refractivity contribution is 0.257. The maximum absolute atomic E-state index is 5.40. The second-order valence-electron chi connectivity index (χ2n) is 2.16. The molecule has 1 rings (SSSR count). The van der Waals surface area contributed by atoms with Crippen molar-refractivity contribution in [3.63, 3.8) is 0 Å². The molecule has 1 aliphatic heterocycles. The van der Waals surface area contributed by atoms with Crippen molar-refractivity contribution in [3.8, 4) is 0 Å². The summed E-state index contributed by atoms with van der Waals surface area (Å²) in [5.74, 6) is -0.307.